The third-order valence-corrected chi connectivity index (χ3v) is 3.62. The molecule has 112 valence electrons. The summed E-state index contributed by atoms with van der Waals surface area (Å²) in [4.78, 5) is 6.55. The van der Waals surface area contributed by atoms with Gasteiger partial charge in [0.15, 0.2) is 0 Å². The molecule has 2 rings (SSSR count). The molecular weight excluding hydrogens is 262 g/mol. The number of aromatic nitrogens is 1. The number of hydrogen-bond donors (Lipinski definition) is 1. The Morgan fingerprint density at radius 2 is 2.00 bits per heavy atom. The molecule has 1 heterocycles. The number of rotatable bonds is 6. The molecule has 1 aromatic heterocycles. The molecule has 0 bridgehead atoms. The molecule has 0 aliphatic rings. The Bertz CT molecular complexity index is 569. The van der Waals surface area contributed by atoms with Crippen LogP contribution in [0.15, 0.2) is 42.6 Å². The SMILES string of the molecule is CCC(N)Cc1ccc(N(C)c2ccccc2OC)nc1. The topological polar surface area (TPSA) is 51.4 Å². The first-order valence-electron chi connectivity index (χ1n) is 7.23. The van der Waals surface area contributed by atoms with Gasteiger partial charge in [-0.15, -0.1) is 0 Å². The second-order valence-electron chi connectivity index (χ2n) is 5.13. The van der Waals surface area contributed by atoms with Gasteiger partial charge in [0.2, 0.25) is 0 Å². The molecule has 0 saturated carbocycles. The van der Waals surface area contributed by atoms with E-state index in [4.69, 9.17) is 10.5 Å². The van der Waals surface area contributed by atoms with Gasteiger partial charge in [-0.3, -0.25) is 0 Å². The van der Waals surface area contributed by atoms with Crippen molar-refractivity contribution in [3.8, 4) is 5.75 Å². The molecular formula is C17H23N3O. The Labute approximate surface area is 126 Å². The smallest absolute Gasteiger partial charge is 0.142 e. The van der Waals surface area contributed by atoms with Crippen molar-refractivity contribution in [2.45, 2.75) is 25.8 Å². The van der Waals surface area contributed by atoms with E-state index in [1.54, 1.807) is 7.11 Å². The Morgan fingerprint density at radius 3 is 2.62 bits per heavy atom. The molecule has 0 fully saturated rings. The molecule has 2 N–H and O–H groups in total. The van der Waals surface area contributed by atoms with Gasteiger partial charge in [0.05, 0.1) is 12.8 Å². The lowest BCUT2D eigenvalue weighted by molar-refractivity contribution is 0.415. The highest BCUT2D eigenvalue weighted by Crippen LogP contribution is 2.31. The van der Waals surface area contributed by atoms with Gasteiger partial charge in [-0.05, 0) is 36.6 Å². The van der Waals surface area contributed by atoms with Crippen molar-refractivity contribution in [1.82, 2.24) is 4.98 Å². The van der Waals surface area contributed by atoms with Crippen LogP contribution in [0.25, 0.3) is 0 Å². The Hall–Kier alpha value is -2.07. The normalized spacial score (nSPS) is 12.0. The number of methoxy groups -OCH3 is 1. The number of para-hydroxylation sites is 2. The fourth-order valence-electron chi connectivity index (χ4n) is 2.21. The van der Waals surface area contributed by atoms with Gasteiger partial charge in [0.1, 0.15) is 11.6 Å². The van der Waals surface area contributed by atoms with Crippen LogP contribution in [0.5, 0.6) is 5.75 Å². The zero-order valence-electron chi connectivity index (χ0n) is 12.9. The Morgan fingerprint density at radius 1 is 1.24 bits per heavy atom. The van der Waals surface area contributed by atoms with Crippen LogP contribution in [0, 0.1) is 0 Å². The van der Waals surface area contributed by atoms with Gasteiger partial charge in [-0.2, -0.15) is 0 Å². The predicted octanol–water partition coefficient (Wildman–Crippen LogP) is 3.14. The van der Waals surface area contributed by atoms with Crippen molar-refractivity contribution in [2.75, 3.05) is 19.1 Å². The van der Waals surface area contributed by atoms with Crippen molar-refractivity contribution in [3.63, 3.8) is 0 Å². The summed E-state index contributed by atoms with van der Waals surface area (Å²) in [7, 11) is 3.66. The van der Waals surface area contributed by atoms with E-state index in [1.807, 2.05) is 48.5 Å². The van der Waals surface area contributed by atoms with E-state index in [0.717, 1.165) is 30.1 Å². The molecule has 0 aliphatic heterocycles. The van der Waals surface area contributed by atoms with Gasteiger partial charge < -0.3 is 15.4 Å². The maximum atomic E-state index is 5.98. The van der Waals surface area contributed by atoms with E-state index < -0.39 is 0 Å². The number of hydrogen-bond acceptors (Lipinski definition) is 4. The summed E-state index contributed by atoms with van der Waals surface area (Å²) >= 11 is 0. The van der Waals surface area contributed by atoms with Crippen LogP contribution in [0.3, 0.4) is 0 Å². The highest BCUT2D eigenvalue weighted by Gasteiger charge is 2.10. The second-order valence-corrected chi connectivity index (χ2v) is 5.13. The molecule has 0 radical (unpaired) electrons. The van der Waals surface area contributed by atoms with Crippen molar-refractivity contribution in [1.29, 1.82) is 0 Å². The summed E-state index contributed by atoms with van der Waals surface area (Å²) in [5.74, 6) is 1.72. The van der Waals surface area contributed by atoms with E-state index >= 15 is 0 Å². The van der Waals surface area contributed by atoms with Crippen LogP contribution in [0.4, 0.5) is 11.5 Å². The maximum Gasteiger partial charge on any atom is 0.142 e. The standard InChI is InChI=1S/C17H23N3O/c1-4-14(18)11-13-9-10-17(19-12-13)20(2)15-7-5-6-8-16(15)21-3/h5-10,12,14H,4,11,18H2,1-3H3. The molecule has 0 spiro atoms. The summed E-state index contributed by atoms with van der Waals surface area (Å²) < 4.78 is 5.39. The number of ether oxygens (including phenoxy) is 1. The van der Waals surface area contributed by atoms with Crippen LogP contribution < -0.4 is 15.4 Å². The minimum atomic E-state index is 0.199. The molecule has 1 unspecified atom stereocenters. The van der Waals surface area contributed by atoms with Gasteiger partial charge in [0.25, 0.3) is 0 Å². The average molecular weight is 285 g/mol. The predicted molar refractivity (Wildman–Crippen MR) is 87.3 cm³/mol. The molecule has 0 amide bonds. The fourth-order valence-corrected chi connectivity index (χ4v) is 2.21. The highest BCUT2D eigenvalue weighted by molar-refractivity contribution is 5.66. The molecule has 21 heavy (non-hydrogen) atoms. The monoisotopic (exact) mass is 285 g/mol. The van der Waals surface area contributed by atoms with Crippen molar-refractivity contribution < 1.29 is 4.74 Å². The van der Waals surface area contributed by atoms with Crippen molar-refractivity contribution in [3.05, 3.63) is 48.2 Å². The maximum absolute atomic E-state index is 5.98. The molecule has 1 atom stereocenters. The first-order chi connectivity index (χ1) is 10.2. The third kappa shape index (κ3) is 3.73. The first-order valence-corrected chi connectivity index (χ1v) is 7.23. The van der Waals surface area contributed by atoms with Crippen molar-refractivity contribution >= 4 is 11.5 Å². The molecule has 4 heteroatoms. The summed E-state index contributed by atoms with van der Waals surface area (Å²) in [5.41, 5.74) is 8.14. The molecule has 2 aromatic rings. The van der Waals surface area contributed by atoms with Gasteiger partial charge in [-0.25, -0.2) is 4.98 Å². The van der Waals surface area contributed by atoms with Gasteiger partial charge in [0, 0.05) is 19.3 Å². The minimum absolute atomic E-state index is 0.199. The van der Waals surface area contributed by atoms with E-state index in [0.29, 0.717) is 0 Å². The highest BCUT2D eigenvalue weighted by atomic mass is 16.5. The third-order valence-electron chi connectivity index (χ3n) is 3.62. The van der Waals surface area contributed by atoms with Crippen LogP contribution in [0.1, 0.15) is 18.9 Å². The summed E-state index contributed by atoms with van der Waals surface area (Å²) in [6.45, 7) is 2.10. The largest absolute Gasteiger partial charge is 0.495 e. The number of nitrogens with zero attached hydrogens (tertiary/aromatic N) is 2. The summed E-state index contributed by atoms with van der Waals surface area (Å²) in [6, 6.07) is 12.2. The summed E-state index contributed by atoms with van der Waals surface area (Å²) in [6.07, 6.45) is 3.74. The van der Waals surface area contributed by atoms with E-state index in [-0.39, 0.29) is 6.04 Å². The van der Waals surface area contributed by atoms with E-state index in [9.17, 15) is 0 Å². The van der Waals surface area contributed by atoms with Crippen LogP contribution >= 0.6 is 0 Å². The van der Waals surface area contributed by atoms with E-state index in [2.05, 4.69) is 18.0 Å². The number of nitrogens with two attached hydrogens (primary N) is 1. The lowest BCUT2D eigenvalue weighted by Gasteiger charge is -2.21. The Kier molecular flexibility index (Phi) is 5.17. The first kappa shape index (κ1) is 15.3. The number of benzene rings is 1. The lowest BCUT2D eigenvalue weighted by Crippen LogP contribution is -2.21. The number of pyridine rings is 1. The molecule has 1 aromatic carbocycles. The second kappa shape index (κ2) is 7.09. The lowest BCUT2D eigenvalue weighted by atomic mass is 10.1. The van der Waals surface area contributed by atoms with Gasteiger partial charge >= 0.3 is 0 Å². The van der Waals surface area contributed by atoms with Crippen LogP contribution in [-0.2, 0) is 6.42 Å². The number of anilines is 2. The van der Waals surface area contributed by atoms with Gasteiger partial charge in [-0.1, -0.05) is 25.1 Å². The van der Waals surface area contributed by atoms with Crippen molar-refractivity contribution in [2.24, 2.45) is 5.73 Å². The average Bonchev–Trinajstić information content (AvgIpc) is 2.54. The minimum Gasteiger partial charge on any atom is -0.495 e. The fraction of sp³-hybridized carbons (Fsp3) is 0.353. The molecule has 4 nitrogen and oxygen atoms in total. The molecule has 0 aliphatic carbocycles. The van der Waals surface area contributed by atoms with Crippen LogP contribution in [0.2, 0.25) is 0 Å². The Balaban J connectivity index is 2.18. The summed E-state index contributed by atoms with van der Waals surface area (Å²) in [5, 5.41) is 0. The van der Waals surface area contributed by atoms with E-state index in [1.165, 1.54) is 5.56 Å². The molecule has 0 saturated heterocycles. The zero-order valence-corrected chi connectivity index (χ0v) is 12.9. The van der Waals surface area contributed by atoms with Crippen LogP contribution in [-0.4, -0.2) is 25.2 Å². The quantitative estimate of drug-likeness (QED) is 0.886. The zero-order chi connectivity index (χ0) is 15.2.